The zero-order valence-corrected chi connectivity index (χ0v) is 10.5. The van der Waals surface area contributed by atoms with Gasteiger partial charge in [-0.15, -0.1) is 0 Å². The number of nitrogens with one attached hydrogen (secondary N) is 1. The average molecular weight is 248 g/mol. The van der Waals surface area contributed by atoms with Crippen molar-refractivity contribution in [2.75, 3.05) is 25.1 Å². The number of nitrogens with zero attached hydrogens (tertiary/aromatic N) is 1. The van der Waals surface area contributed by atoms with Gasteiger partial charge in [0.25, 0.3) is 0 Å². The fourth-order valence-electron chi connectivity index (χ4n) is 2.20. The van der Waals surface area contributed by atoms with Crippen molar-refractivity contribution in [2.24, 2.45) is 5.92 Å². The Kier molecular flexibility index (Phi) is 3.25. The molecule has 1 N–H and O–H groups in total. The van der Waals surface area contributed by atoms with Gasteiger partial charge in [0, 0.05) is 25.1 Å². The Morgan fingerprint density at radius 3 is 3.00 bits per heavy atom. The lowest BCUT2D eigenvalue weighted by atomic mass is 10.0. The number of ether oxygens (including phenoxy) is 1. The summed E-state index contributed by atoms with van der Waals surface area (Å²) < 4.78 is 9.81. The smallest absolute Gasteiger partial charge is 0.117 e. The summed E-state index contributed by atoms with van der Waals surface area (Å²) in [6.45, 7) is 2.86. The lowest BCUT2D eigenvalue weighted by Crippen LogP contribution is -2.22. The second-order valence-electron chi connectivity index (χ2n) is 4.47. The summed E-state index contributed by atoms with van der Waals surface area (Å²) in [5.41, 5.74) is 1.09. The minimum atomic E-state index is 0.740. The maximum absolute atomic E-state index is 5.37. The molecule has 1 saturated heterocycles. The first kappa shape index (κ1) is 11.0. The first-order valence-corrected chi connectivity index (χ1v) is 6.87. The molecule has 2 aromatic rings. The largest absolute Gasteiger partial charge is 0.381 e. The van der Waals surface area contributed by atoms with Crippen LogP contribution in [0.3, 0.4) is 0 Å². The molecule has 0 atom stereocenters. The van der Waals surface area contributed by atoms with Gasteiger partial charge in [0.05, 0.1) is 5.52 Å². The van der Waals surface area contributed by atoms with Crippen molar-refractivity contribution in [3.63, 3.8) is 0 Å². The van der Waals surface area contributed by atoms with Crippen LogP contribution in [-0.2, 0) is 4.74 Å². The zero-order valence-electron chi connectivity index (χ0n) is 9.69. The Morgan fingerprint density at radius 1 is 1.29 bits per heavy atom. The fourth-order valence-corrected chi connectivity index (χ4v) is 2.97. The third-order valence-electron chi connectivity index (χ3n) is 3.28. The molecule has 0 unspecified atom stereocenters. The van der Waals surface area contributed by atoms with E-state index in [-0.39, 0.29) is 0 Å². The molecule has 1 aromatic heterocycles. The van der Waals surface area contributed by atoms with E-state index >= 15 is 0 Å². The highest BCUT2D eigenvalue weighted by Gasteiger charge is 2.14. The number of anilines is 1. The monoisotopic (exact) mass is 248 g/mol. The molecule has 0 radical (unpaired) electrons. The van der Waals surface area contributed by atoms with Crippen LogP contribution in [0.4, 0.5) is 5.00 Å². The van der Waals surface area contributed by atoms with E-state index in [1.165, 1.54) is 23.2 Å². The van der Waals surface area contributed by atoms with Crippen LogP contribution in [0, 0.1) is 5.92 Å². The van der Waals surface area contributed by atoms with Crippen LogP contribution >= 0.6 is 11.5 Å². The van der Waals surface area contributed by atoms with Gasteiger partial charge in [-0.25, -0.2) is 0 Å². The standard InChI is InChI=1S/C13H16N2OS/c1-2-4-12-11(3-1)13(17-15-12)14-9-10-5-7-16-8-6-10/h1-4,10,14H,5-9H2. The lowest BCUT2D eigenvalue weighted by Gasteiger charge is -2.22. The summed E-state index contributed by atoms with van der Waals surface area (Å²) in [7, 11) is 0. The number of hydrogen-bond donors (Lipinski definition) is 1. The number of aromatic nitrogens is 1. The second kappa shape index (κ2) is 5.02. The van der Waals surface area contributed by atoms with E-state index in [4.69, 9.17) is 4.74 Å². The van der Waals surface area contributed by atoms with E-state index in [2.05, 4.69) is 27.9 Å². The summed E-state index contributed by atoms with van der Waals surface area (Å²) >= 11 is 1.56. The third kappa shape index (κ3) is 2.42. The Morgan fingerprint density at radius 2 is 2.12 bits per heavy atom. The Bertz CT molecular complexity index is 491. The highest BCUT2D eigenvalue weighted by molar-refractivity contribution is 7.11. The van der Waals surface area contributed by atoms with Crippen molar-refractivity contribution in [3.05, 3.63) is 24.3 Å². The van der Waals surface area contributed by atoms with Gasteiger partial charge in [0.2, 0.25) is 0 Å². The summed E-state index contributed by atoms with van der Waals surface area (Å²) in [5.74, 6) is 0.740. The van der Waals surface area contributed by atoms with Gasteiger partial charge in [-0.05, 0) is 42.4 Å². The minimum absolute atomic E-state index is 0.740. The molecule has 2 heterocycles. The van der Waals surface area contributed by atoms with Crippen LogP contribution in [0.5, 0.6) is 0 Å². The van der Waals surface area contributed by atoms with Gasteiger partial charge in [-0.2, -0.15) is 4.37 Å². The van der Waals surface area contributed by atoms with Crippen molar-refractivity contribution in [3.8, 4) is 0 Å². The predicted octanol–water partition coefficient (Wildman–Crippen LogP) is 3.13. The van der Waals surface area contributed by atoms with Gasteiger partial charge < -0.3 is 10.1 Å². The highest BCUT2D eigenvalue weighted by atomic mass is 32.1. The molecule has 90 valence electrons. The van der Waals surface area contributed by atoms with Gasteiger partial charge in [-0.1, -0.05) is 12.1 Å². The minimum Gasteiger partial charge on any atom is -0.381 e. The van der Waals surface area contributed by atoms with E-state index in [0.29, 0.717) is 0 Å². The van der Waals surface area contributed by atoms with E-state index < -0.39 is 0 Å². The normalized spacial score (nSPS) is 17.4. The maximum Gasteiger partial charge on any atom is 0.117 e. The van der Waals surface area contributed by atoms with Crippen molar-refractivity contribution < 1.29 is 4.74 Å². The van der Waals surface area contributed by atoms with E-state index in [0.717, 1.165) is 31.2 Å². The molecular formula is C13H16N2OS. The van der Waals surface area contributed by atoms with Gasteiger partial charge >= 0.3 is 0 Å². The van der Waals surface area contributed by atoms with Crippen LogP contribution in [0.25, 0.3) is 10.9 Å². The molecule has 17 heavy (non-hydrogen) atoms. The predicted molar refractivity (Wildman–Crippen MR) is 71.7 cm³/mol. The first-order valence-electron chi connectivity index (χ1n) is 6.09. The molecule has 3 rings (SSSR count). The zero-order chi connectivity index (χ0) is 11.5. The van der Waals surface area contributed by atoms with Crippen LogP contribution < -0.4 is 5.32 Å². The Balaban J connectivity index is 1.68. The number of benzene rings is 1. The average Bonchev–Trinajstić information content (AvgIpc) is 2.81. The summed E-state index contributed by atoms with van der Waals surface area (Å²) in [6, 6.07) is 8.29. The van der Waals surface area contributed by atoms with E-state index in [1.54, 1.807) is 11.5 Å². The van der Waals surface area contributed by atoms with Gasteiger partial charge in [-0.3, -0.25) is 0 Å². The fraction of sp³-hybridized carbons (Fsp3) is 0.462. The number of hydrogen-bond acceptors (Lipinski definition) is 4. The van der Waals surface area contributed by atoms with Gasteiger partial charge in [0.15, 0.2) is 0 Å². The second-order valence-corrected chi connectivity index (χ2v) is 5.24. The van der Waals surface area contributed by atoms with Crippen molar-refractivity contribution in [1.29, 1.82) is 0 Å². The molecule has 0 amide bonds. The van der Waals surface area contributed by atoms with Crippen LogP contribution in [-0.4, -0.2) is 24.1 Å². The molecule has 0 saturated carbocycles. The molecule has 0 aliphatic carbocycles. The summed E-state index contributed by atoms with van der Waals surface area (Å²) in [5, 5.41) is 5.98. The molecule has 3 nitrogen and oxygen atoms in total. The van der Waals surface area contributed by atoms with Crippen molar-refractivity contribution in [1.82, 2.24) is 4.37 Å². The quantitative estimate of drug-likeness (QED) is 0.906. The number of fused-ring (bicyclic) bond motifs is 1. The Labute approximate surface area is 105 Å². The SMILES string of the molecule is c1ccc2c(NCC3CCOCC3)snc2c1. The topological polar surface area (TPSA) is 34.1 Å². The van der Waals surface area contributed by atoms with Crippen molar-refractivity contribution >= 4 is 27.4 Å². The molecule has 0 spiro atoms. The van der Waals surface area contributed by atoms with Crippen LogP contribution in [0.1, 0.15) is 12.8 Å². The number of rotatable bonds is 3. The van der Waals surface area contributed by atoms with Crippen molar-refractivity contribution in [2.45, 2.75) is 12.8 Å². The van der Waals surface area contributed by atoms with E-state index in [9.17, 15) is 0 Å². The summed E-state index contributed by atoms with van der Waals surface area (Å²) in [4.78, 5) is 0. The van der Waals surface area contributed by atoms with Crippen LogP contribution in [0.2, 0.25) is 0 Å². The first-order chi connectivity index (χ1) is 8.43. The molecule has 1 aromatic carbocycles. The third-order valence-corrected chi connectivity index (χ3v) is 4.11. The summed E-state index contributed by atoms with van der Waals surface area (Å²) in [6.07, 6.45) is 2.34. The Hall–Kier alpha value is -1.13. The maximum atomic E-state index is 5.37. The molecule has 1 aliphatic heterocycles. The molecule has 1 aliphatic rings. The van der Waals surface area contributed by atoms with Gasteiger partial charge in [0.1, 0.15) is 5.00 Å². The van der Waals surface area contributed by atoms with E-state index in [1.807, 2.05) is 6.07 Å². The molecular weight excluding hydrogens is 232 g/mol. The molecule has 4 heteroatoms. The van der Waals surface area contributed by atoms with Crippen LogP contribution in [0.15, 0.2) is 24.3 Å². The molecule has 0 bridgehead atoms. The molecule has 1 fully saturated rings. The lowest BCUT2D eigenvalue weighted by molar-refractivity contribution is 0.0699. The highest BCUT2D eigenvalue weighted by Crippen LogP contribution is 2.28.